The highest BCUT2D eigenvalue weighted by molar-refractivity contribution is 5.87. The smallest absolute Gasteiger partial charge is 0.480 e. The van der Waals surface area contributed by atoms with Gasteiger partial charge < -0.3 is 14.6 Å². The van der Waals surface area contributed by atoms with Crippen LogP contribution >= 0.6 is 0 Å². The molecule has 1 aromatic carbocycles. The lowest BCUT2D eigenvalue weighted by Gasteiger charge is -2.16. The van der Waals surface area contributed by atoms with E-state index in [1.165, 1.54) is 0 Å². The number of methoxy groups -OCH3 is 1. The molecule has 0 saturated heterocycles. The number of rotatable bonds is 4. The van der Waals surface area contributed by atoms with E-state index in [-0.39, 0.29) is 11.1 Å². The Kier molecular flexibility index (Phi) is 4.95. The van der Waals surface area contributed by atoms with E-state index in [9.17, 15) is 26.7 Å². The minimum atomic E-state index is -5.16. The molecule has 2 N–H and O–H groups in total. The van der Waals surface area contributed by atoms with Crippen LogP contribution in [0.3, 0.4) is 0 Å². The normalized spacial score (nSPS) is 11.1. The van der Waals surface area contributed by atoms with E-state index in [4.69, 9.17) is 9.84 Å². The second-order valence-electron chi connectivity index (χ2n) is 4.50. The van der Waals surface area contributed by atoms with Crippen LogP contribution in [-0.4, -0.2) is 29.7 Å². The largest absolute Gasteiger partial charge is 0.574 e. The molecule has 0 saturated carbocycles. The summed E-state index contributed by atoms with van der Waals surface area (Å²) in [5.41, 5.74) is -1.18. The van der Waals surface area contributed by atoms with E-state index in [1.807, 2.05) is 0 Å². The summed E-state index contributed by atoms with van der Waals surface area (Å²) in [7, 11) is 1.05. The summed E-state index contributed by atoms with van der Waals surface area (Å²) >= 11 is 0. The minimum absolute atomic E-state index is 0.210. The number of benzene rings is 1. The topological polar surface area (TPSA) is 80.7 Å². The molecule has 6 nitrogen and oxygen atoms in total. The molecule has 1 amide bonds. The molecule has 0 atom stereocenters. The first-order valence-electron chi connectivity index (χ1n) is 6.41. The molecular weight excluding hydrogens is 355 g/mol. The molecule has 25 heavy (non-hydrogen) atoms. The highest BCUT2D eigenvalue weighted by atomic mass is 19.4. The van der Waals surface area contributed by atoms with Crippen molar-refractivity contribution in [3.8, 4) is 22.9 Å². The van der Waals surface area contributed by atoms with Gasteiger partial charge in [-0.05, 0) is 18.2 Å². The number of nitrogens with zero attached hydrogens (tertiary/aromatic N) is 1. The van der Waals surface area contributed by atoms with E-state index in [0.29, 0.717) is 6.07 Å². The van der Waals surface area contributed by atoms with Gasteiger partial charge >= 0.3 is 12.5 Å². The lowest BCUT2D eigenvalue weighted by Crippen LogP contribution is -2.20. The maximum atomic E-state index is 13.9. The van der Waals surface area contributed by atoms with Crippen molar-refractivity contribution in [1.82, 2.24) is 4.98 Å². The molecule has 2 rings (SSSR count). The van der Waals surface area contributed by atoms with Gasteiger partial charge in [-0.3, -0.25) is 5.32 Å². The second-order valence-corrected chi connectivity index (χ2v) is 4.50. The zero-order valence-electron chi connectivity index (χ0n) is 12.3. The number of carbonyl (C=O) groups is 1. The fraction of sp³-hybridized carbons (Fsp3) is 0.143. The number of nitrogens with one attached hydrogen (secondary N) is 1. The average Bonchev–Trinajstić information content (AvgIpc) is 2.47. The van der Waals surface area contributed by atoms with Crippen LogP contribution in [0, 0.1) is 11.6 Å². The van der Waals surface area contributed by atoms with Crippen LogP contribution in [0.15, 0.2) is 24.3 Å². The van der Waals surface area contributed by atoms with E-state index >= 15 is 0 Å². The summed E-state index contributed by atoms with van der Waals surface area (Å²) in [5.74, 6) is -3.56. The first-order valence-corrected chi connectivity index (χ1v) is 6.41. The van der Waals surface area contributed by atoms with Crippen LogP contribution in [0.4, 0.5) is 32.4 Å². The Hall–Kier alpha value is -3.11. The van der Waals surface area contributed by atoms with Crippen LogP contribution in [0.2, 0.25) is 0 Å². The minimum Gasteiger partial charge on any atom is -0.480 e. The molecule has 0 aliphatic carbocycles. The van der Waals surface area contributed by atoms with E-state index in [1.54, 1.807) is 5.32 Å². The van der Waals surface area contributed by atoms with Gasteiger partial charge in [-0.25, -0.2) is 13.6 Å². The number of aromatic nitrogens is 1. The summed E-state index contributed by atoms with van der Waals surface area (Å²) in [6.45, 7) is 0. The van der Waals surface area contributed by atoms with E-state index in [0.717, 1.165) is 25.3 Å². The lowest BCUT2D eigenvalue weighted by molar-refractivity contribution is -0.275. The van der Waals surface area contributed by atoms with Gasteiger partial charge in [-0.1, -0.05) is 0 Å². The van der Waals surface area contributed by atoms with Gasteiger partial charge in [-0.2, -0.15) is 4.98 Å². The predicted octanol–water partition coefficient (Wildman–Crippen LogP) is 4.02. The Morgan fingerprint density at radius 2 is 1.84 bits per heavy atom. The zero-order valence-corrected chi connectivity index (χ0v) is 12.3. The third kappa shape index (κ3) is 4.46. The number of anilines is 1. The van der Waals surface area contributed by atoms with Gasteiger partial charge in [0.05, 0.1) is 7.11 Å². The van der Waals surface area contributed by atoms with Gasteiger partial charge in [0.2, 0.25) is 11.8 Å². The van der Waals surface area contributed by atoms with E-state index < -0.39 is 41.5 Å². The average molecular weight is 364 g/mol. The monoisotopic (exact) mass is 364 g/mol. The SMILES string of the molecule is COc1nc(OC(F)(F)F)c(NC(=O)O)cc1-c1ccc(F)cc1F. The molecular formula is C14H9F5N2O4. The van der Waals surface area contributed by atoms with Crippen molar-refractivity contribution in [3.63, 3.8) is 0 Å². The molecule has 0 bridgehead atoms. The first kappa shape index (κ1) is 18.2. The molecule has 11 heteroatoms. The van der Waals surface area contributed by atoms with Crippen molar-refractivity contribution in [3.05, 3.63) is 35.9 Å². The molecule has 1 aromatic heterocycles. The third-order valence-corrected chi connectivity index (χ3v) is 2.82. The Morgan fingerprint density at radius 1 is 1.16 bits per heavy atom. The van der Waals surface area contributed by atoms with Crippen LogP contribution in [0.1, 0.15) is 0 Å². The molecule has 0 aliphatic heterocycles. The maximum Gasteiger partial charge on any atom is 0.574 e. The first-order chi connectivity index (χ1) is 11.6. The standard InChI is InChI=1S/C14H9F5N2O4/c1-24-11-8(7-3-2-6(15)4-9(7)16)5-10(20-13(22)23)12(21-11)25-14(17,18)19/h2-5,20H,1H3,(H,22,23). The number of pyridine rings is 1. The predicted molar refractivity (Wildman–Crippen MR) is 74.5 cm³/mol. The molecule has 134 valence electrons. The Morgan fingerprint density at radius 3 is 2.36 bits per heavy atom. The van der Waals surface area contributed by atoms with Crippen molar-refractivity contribution in [2.45, 2.75) is 6.36 Å². The number of hydrogen-bond acceptors (Lipinski definition) is 4. The highest BCUT2D eigenvalue weighted by Gasteiger charge is 2.34. The molecule has 0 radical (unpaired) electrons. The lowest BCUT2D eigenvalue weighted by atomic mass is 10.1. The van der Waals surface area contributed by atoms with Crippen LogP contribution in [0.5, 0.6) is 11.8 Å². The fourth-order valence-electron chi connectivity index (χ4n) is 1.93. The summed E-state index contributed by atoms with van der Waals surface area (Å²) in [5, 5.41) is 10.4. The highest BCUT2D eigenvalue weighted by Crippen LogP contribution is 2.38. The number of hydrogen-bond donors (Lipinski definition) is 2. The van der Waals surface area contributed by atoms with Crippen molar-refractivity contribution in [1.29, 1.82) is 0 Å². The van der Waals surface area contributed by atoms with Gasteiger partial charge in [0, 0.05) is 17.2 Å². The third-order valence-electron chi connectivity index (χ3n) is 2.82. The Labute approximate surface area is 136 Å². The molecule has 0 aliphatic rings. The molecule has 0 fully saturated rings. The summed E-state index contributed by atoms with van der Waals surface area (Å²) in [6, 6.07) is 3.28. The quantitative estimate of drug-likeness (QED) is 0.801. The molecule has 0 spiro atoms. The second kappa shape index (κ2) is 6.79. The van der Waals surface area contributed by atoms with Crippen molar-refractivity contribution >= 4 is 11.8 Å². The summed E-state index contributed by atoms with van der Waals surface area (Å²) in [6.07, 6.45) is -6.86. The Balaban J connectivity index is 2.65. The van der Waals surface area contributed by atoms with Crippen molar-refractivity contribution < 1.29 is 41.3 Å². The van der Waals surface area contributed by atoms with Crippen molar-refractivity contribution in [2.24, 2.45) is 0 Å². The summed E-state index contributed by atoms with van der Waals surface area (Å²) < 4.78 is 72.8. The number of amides is 1. The van der Waals surface area contributed by atoms with Crippen LogP contribution in [0.25, 0.3) is 11.1 Å². The van der Waals surface area contributed by atoms with Crippen LogP contribution in [-0.2, 0) is 0 Å². The number of carboxylic acid groups (broad SMARTS) is 1. The number of halogens is 5. The van der Waals surface area contributed by atoms with Crippen LogP contribution < -0.4 is 14.8 Å². The number of alkyl halides is 3. The van der Waals surface area contributed by atoms with Gasteiger partial charge in [0.25, 0.3) is 0 Å². The van der Waals surface area contributed by atoms with Gasteiger partial charge in [0.1, 0.15) is 17.3 Å². The van der Waals surface area contributed by atoms with Gasteiger partial charge in [0.15, 0.2) is 0 Å². The van der Waals surface area contributed by atoms with E-state index in [2.05, 4.69) is 9.72 Å². The maximum absolute atomic E-state index is 13.9. The molecule has 1 heterocycles. The summed E-state index contributed by atoms with van der Waals surface area (Å²) in [4.78, 5) is 14.2. The number of ether oxygens (including phenoxy) is 2. The van der Waals surface area contributed by atoms with Crippen molar-refractivity contribution in [2.75, 3.05) is 12.4 Å². The molecule has 2 aromatic rings. The Bertz CT molecular complexity index is 811. The fourth-order valence-corrected chi connectivity index (χ4v) is 1.93. The molecule has 0 unspecified atom stereocenters. The van der Waals surface area contributed by atoms with Gasteiger partial charge in [-0.15, -0.1) is 13.2 Å². The zero-order chi connectivity index (χ0) is 18.8.